The fourth-order valence-electron chi connectivity index (χ4n) is 7.61. The molecule has 0 aromatic carbocycles. The topological polar surface area (TPSA) is 99.1 Å². The Bertz CT molecular complexity index is 834. The number of fused-ring (bicyclic) bond motifs is 5. The maximum absolute atomic E-state index is 11.9. The van der Waals surface area contributed by atoms with Crippen molar-refractivity contribution in [2.24, 2.45) is 28.6 Å². The highest BCUT2D eigenvalue weighted by Crippen LogP contribution is 2.65. The molecule has 4 rings (SSSR count). The van der Waals surface area contributed by atoms with Gasteiger partial charge in [0.15, 0.2) is 0 Å². The van der Waals surface area contributed by atoms with Crippen molar-refractivity contribution in [3.05, 3.63) is 11.6 Å². The van der Waals surface area contributed by atoms with Crippen LogP contribution in [0.2, 0.25) is 0 Å². The molecule has 9 atom stereocenters. The second-order valence-electron chi connectivity index (χ2n) is 10.8. The van der Waals surface area contributed by atoms with Crippen molar-refractivity contribution in [3.8, 4) is 0 Å². The van der Waals surface area contributed by atoms with E-state index in [0.717, 1.165) is 25.7 Å². The standard InChI is InChI=1S/C25H36O7/c1-13(26)30-17-6-8-24(4)16(10-17)11-20(29)22-18(24)7-9-25(5)19(22)12-21(31-14(2)27)23(25)32-15(3)28/h11,17-23,29H,6-10,12H2,1-5H3/t17-,18+,19+,20-,21-,22-,23+,24+,25+/m1/s1. The molecule has 0 aliphatic heterocycles. The van der Waals surface area contributed by atoms with Gasteiger partial charge in [-0.15, -0.1) is 0 Å². The Kier molecular flexibility index (Phi) is 5.93. The first-order valence-electron chi connectivity index (χ1n) is 11.9. The lowest BCUT2D eigenvalue weighted by Gasteiger charge is -2.58. The average molecular weight is 449 g/mol. The molecule has 32 heavy (non-hydrogen) atoms. The Balaban J connectivity index is 1.65. The SMILES string of the molecule is CC(=O)O[C@@H]1CC[C@@]2(C)C(=C[C@@H](O)[C@H]3[C@@H]4C[C@@H](OC(C)=O)[C@H](OC(C)=O)[C@@]4(C)CC[C@@H]32)C1. The van der Waals surface area contributed by atoms with E-state index in [1.807, 2.05) is 6.08 Å². The van der Waals surface area contributed by atoms with Crippen molar-refractivity contribution in [1.29, 1.82) is 0 Å². The molecule has 178 valence electrons. The summed E-state index contributed by atoms with van der Waals surface area (Å²) < 4.78 is 16.8. The molecule has 3 saturated carbocycles. The molecule has 7 nitrogen and oxygen atoms in total. The van der Waals surface area contributed by atoms with Gasteiger partial charge >= 0.3 is 17.9 Å². The van der Waals surface area contributed by atoms with Crippen molar-refractivity contribution in [2.75, 3.05) is 0 Å². The second kappa shape index (κ2) is 8.15. The quantitative estimate of drug-likeness (QED) is 0.402. The summed E-state index contributed by atoms with van der Waals surface area (Å²) in [7, 11) is 0. The summed E-state index contributed by atoms with van der Waals surface area (Å²) in [5, 5.41) is 11.3. The molecule has 0 amide bonds. The van der Waals surface area contributed by atoms with Crippen LogP contribution in [0.5, 0.6) is 0 Å². The molecule has 0 bridgehead atoms. The minimum Gasteiger partial charge on any atom is -0.462 e. The summed E-state index contributed by atoms with van der Waals surface area (Å²) in [5.41, 5.74) is 0.779. The second-order valence-corrected chi connectivity index (χ2v) is 10.8. The van der Waals surface area contributed by atoms with Gasteiger partial charge in [-0.05, 0) is 55.3 Å². The number of esters is 3. The molecule has 0 radical (unpaired) electrons. The molecular weight excluding hydrogens is 412 g/mol. The zero-order valence-corrected chi connectivity index (χ0v) is 19.8. The Morgan fingerprint density at radius 1 is 0.938 bits per heavy atom. The van der Waals surface area contributed by atoms with Gasteiger partial charge in [0, 0.05) is 32.6 Å². The van der Waals surface area contributed by atoms with Crippen molar-refractivity contribution in [2.45, 2.75) is 97.6 Å². The predicted octanol–water partition coefficient (Wildman–Crippen LogP) is 3.33. The number of aliphatic hydroxyl groups excluding tert-OH is 1. The molecule has 0 heterocycles. The third-order valence-electron chi connectivity index (χ3n) is 8.94. The first-order chi connectivity index (χ1) is 15.0. The third-order valence-corrected chi connectivity index (χ3v) is 8.94. The number of carbonyl (C=O) groups excluding carboxylic acids is 3. The fourth-order valence-corrected chi connectivity index (χ4v) is 7.61. The number of rotatable bonds is 3. The van der Waals surface area contributed by atoms with Gasteiger partial charge in [0.1, 0.15) is 18.3 Å². The van der Waals surface area contributed by atoms with Crippen molar-refractivity contribution in [3.63, 3.8) is 0 Å². The molecule has 0 saturated heterocycles. The van der Waals surface area contributed by atoms with Crippen LogP contribution in [0, 0.1) is 28.6 Å². The van der Waals surface area contributed by atoms with Crippen LogP contribution in [0.15, 0.2) is 11.6 Å². The fraction of sp³-hybridized carbons (Fsp3) is 0.800. The molecule has 3 fully saturated rings. The van der Waals surface area contributed by atoms with Gasteiger partial charge in [-0.2, -0.15) is 0 Å². The van der Waals surface area contributed by atoms with Gasteiger partial charge < -0.3 is 19.3 Å². The van der Waals surface area contributed by atoms with Crippen LogP contribution < -0.4 is 0 Å². The first-order valence-corrected chi connectivity index (χ1v) is 11.9. The maximum atomic E-state index is 11.9. The Morgan fingerprint density at radius 3 is 2.22 bits per heavy atom. The highest BCUT2D eigenvalue weighted by Gasteiger charge is 2.65. The monoisotopic (exact) mass is 448 g/mol. The van der Waals surface area contributed by atoms with E-state index in [1.165, 1.54) is 26.3 Å². The van der Waals surface area contributed by atoms with Crippen LogP contribution in [0.25, 0.3) is 0 Å². The smallest absolute Gasteiger partial charge is 0.303 e. The van der Waals surface area contributed by atoms with Crippen LogP contribution in [0.1, 0.15) is 73.1 Å². The van der Waals surface area contributed by atoms with Crippen LogP contribution in [0.4, 0.5) is 0 Å². The minimum absolute atomic E-state index is 0.00592. The Hall–Kier alpha value is -1.89. The molecule has 0 aromatic rings. The minimum atomic E-state index is -0.627. The van der Waals surface area contributed by atoms with Crippen LogP contribution in [-0.4, -0.2) is 47.4 Å². The lowest BCUT2D eigenvalue weighted by atomic mass is 9.47. The number of hydrogen-bond acceptors (Lipinski definition) is 7. The van der Waals surface area contributed by atoms with Gasteiger partial charge in [0.05, 0.1) is 6.10 Å². The van der Waals surface area contributed by atoms with Gasteiger partial charge in [-0.3, -0.25) is 14.4 Å². The highest BCUT2D eigenvalue weighted by molar-refractivity contribution is 5.67. The van der Waals surface area contributed by atoms with Crippen LogP contribution in [0.3, 0.4) is 0 Å². The van der Waals surface area contributed by atoms with E-state index in [4.69, 9.17) is 14.2 Å². The van der Waals surface area contributed by atoms with Crippen molar-refractivity contribution in [1.82, 2.24) is 0 Å². The van der Waals surface area contributed by atoms with Gasteiger partial charge in [0.2, 0.25) is 0 Å². The molecule has 7 heteroatoms. The molecule has 4 aliphatic carbocycles. The third kappa shape index (κ3) is 3.76. The van der Waals surface area contributed by atoms with E-state index < -0.39 is 18.3 Å². The summed E-state index contributed by atoms with van der Waals surface area (Å²) in [6.07, 6.45) is 4.98. The summed E-state index contributed by atoms with van der Waals surface area (Å²) in [6.45, 7) is 8.62. The normalized spacial score (nSPS) is 44.9. The predicted molar refractivity (Wildman–Crippen MR) is 115 cm³/mol. The van der Waals surface area contributed by atoms with Crippen LogP contribution >= 0.6 is 0 Å². The molecule has 4 aliphatic rings. The van der Waals surface area contributed by atoms with Crippen molar-refractivity contribution >= 4 is 17.9 Å². The van der Waals surface area contributed by atoms with E-state index in [-0.39, 0.29) is 52.6 Å². The summed E-state index contributed by atoms with van der Waals surface area (Å²) in [6, 6.07) is 0. The van der Waals surface area contributed by atoms with Crippen LogP contribution in [-0.2, 0) is 28.6 Å². The summed E-state index contributed by atoms with van der Waals surface area (Å²) in [5.74, 6) is -0.660. The first kappa shape index (κ1) is 23.3. The summed E-state index contributed by atoms with van der Waals surface area (Å²) in [4.78, 5) is 35.1. The van der Waals surface area contributed by atoms with Gasteiger partial charge in [-0.25, -0.2) is 0 Å². The number of ether oxygens (including phenoxy) is 3. The molecule has 1 N–H and O–H groups in total. The van der Waals surface area contributed by atoms with E-state index in [2.05, 4.69) is 13.8 Å². The number of hydrogen-bond donors (Lipinski definition) is 1. The highest BCUT2D eigenvalue weighted by atomic mass is 16.6. The molecule has 0 spiro atoms. The number of carbonyl (C=O) groups is 3. The van der Waals surface area contributed by atoms with E-state index >= 15 is 0 Å². The van der Waals surface area contributed by atoms with E-state index in [0.29, 0.717) is 12.8 Å². The van der Waals surface area contributed by atoms with Gasteiger partial charge in [0.25, 0.3) is 0 Å². The largest absolute Gasteiger partial charge is 0.462 e. The van der Waals surface area contributed by atoms with E-state index in [1.54, 1.807) is 0 Å². The van der Waals surface area contributed by atoms with Crippen molar-refractivity contribution < 1.29 is 33.7 Å². The van der Waals surface area contributed by atoms with E-state index in [9.17, 15) is 19.5 Å². The summed E-state index contributed by atoms with van der Waals surface area (Å²) >= 11 is 0. The Morgan fingerprint density at radius 2 is 1.59 bits per heavy atom. The van der Waals surface area contributed by atoms with Gasteiger partial charge in [-0.1, -0.05) is 25.5 Å². The zero-order valence-electron chi connectivity index (χ0n) is 19.8. The molecule has 0 aromatic heterocycles. The average Bonchev–Trinajstić information content (AvgIpc) is 2.93. The zero-order chi connectivity index (χ0) is 23.4. The molecular formula is C25H36O7. The maximum Gasteiger partial charge on any atom is 0.303 e. The Labute approximate surface area is 189 Å². The number of aliphatic hydroxyl groups is 1. The lowest BCUT2D eigenvalue weighted by molar-refractivity contribution is -0.174. The lowest BCUT2D eigenvalue weighted by Crippen LogP contribution is -2.55. The molecule has 0 unspecified atom stereocenters.